The molecular weight excluding hydrogens is 420 g/mol. The maximum absolute atomic E-state index is 13.0. The second-order valence-electron chi connectivity index (χ2n) is 7.72. The Morgan fingerprint density at radius 1 is 1.35 bits per heavy atom. The number of aryl methyl sites for hydroxylation is 1. The van der Waals surface area contributed by atoms with Crippen molar-refractivity contribution >= 4 is 32.0 Å². The first-order chi connectivity index (χ1) is 12.0. The number of rotatable bonds is 4. The SMILES string of the molecule is Cc1cc(Br)cc(S(=O)(=O)N2CCCC(CNC(=O)OC(C)(C)C)C2)c1. The fourth-order valence-corrected chi connectivity index (χ4v) is 5.40. The standard InChI is InChI=1S/C18H27BrN2O4S/c1-13-8-15(19)10-16(9-13)26(23,24)21-7-5-6-14(12-21)11-20-17(22)25-18(2,3)4/h8-10,14H,5-7,11-12H2,1-4H3,(H,20,22). The number of alkyl carbamates (subject to hydrolysis) is 1. The van der Waals surface area contributed by atoms with Crippen molar-refractivity contribution in [1.82, 2.24) is 9.62 Å². The van der Waals surface area contributed by atoms with E-state index in [0.29, 0.717) is 24.5 Å². The van der Waals surface area contributed by atoms with Crippen LogP contribution in [0.25, 0.3) is 0 Å². The van der Waals surface area contributed by atoms with Gasteiger partial charge in [-0.15, -0.1) is 0 Å². The molecule has 0 saturated carbocycles. The number of ether oxygens (including phenoxy) is 1. The van der Waals surface area contributed by atoms with Crippen molar-refractivity contribution in [3.63, 3.8) is 0 Å². The molecule has 1 N–H and O–H groups in total. The molecule has 0 bridgehead atoms. The monoisotopic (exact) mass is 446 g/mol. The summed E-state index contributed by atoms with van der Waals surface area (Å²) in [6.45, 7) is 8.58. The highest BCUT2D eigenvalue weighted by molar-refractivity contribution is 9.10. The van der Waals surface area contributed by atoms with Crippen molar-refractivity contribution in [3.8, 4) is 0 Å². The average Bonchev–Trinajstić information content (AvgIpc) is 2.50. The maximum atomic E-state index is 13.0. The normalized spacial score (nSPS) is 19.2. The van der Waals surface area contributed by atoms with Gasteiger partial charge in [-0.1, -0.05) is 15.9 Å². The molecule has 1 fully saturated rings. The molecule has 0 spiro atoms. The minimum atomic E-state index is -3.55. The maximum Gasteiger partial charge on any atom is 0.407 e. The highest BCUT2D eigenvalue weighted by Crippen LogP contribution is 2.26. The van der Waals surface area contributed by atoms with Crippen LogP contribution < -0.4 is 5.32 Å². The molecule has 2 rings (SSSR count). The van der Waals surface area contributed by atoms with Crippen LogP contribution in [0.4, 0.5) is 4.79 Å². The number of halogens is 1. The van der Waals surface area contributed by atoms with Crippen LogP contribution in [-0.4, -0.2) is 44.1 Å². The molecule has 1 aliphatic rings. The number of amides is 1. The zero-order valence-electron chi connectivity index (χ0n) is 15.7. The number of piperidine rings is 1. The molecule has 146 valence electrons. The van der Waals surface area contributed by atoms with Gasteiger partial charge in [0.05, 0.1) is 4.90 Å². The topological polar surface area (TPSA) is 75.7 Å². The van der Waals surface area contributed by atoms with Gasteiger partial charge in [-0.25, -0.2) is 13.2 Å². The molecule has 0 aliphatic carbocycles. The van der Waals surface area contributed by atoms with Gasteiger partial charge in [-0.05, 0) is 70.2 Å². The second-order valence-corrected chi connectivity index (χ2v) is 10.6. The molecule has 0 radical (unpaired) electrons. The van der Waals surface area contributed by atoms with E-state index < -0.39 is 21.7 Å². The quantitative estimate of drug-likeness (QED) is 0.764. The zero-order valence-corrected chi connectivity index (χ0v) is 18.1. The van der Waals surface area contributed by atoms with Crippen molar-refractivity contribution in [1.29, 1.82) is 0 Å². The minimum Gasteiger partial charge on any atom is -0.444 e. The van der Waals surface area contributed by atoms with Gasteiger partial charge in [0.15, 0.2) is 0 Å². The molecule has 1 aromatic carbocycles. The smallest absolute Gasteiger partial charge is 0.407 e. The van der Waals surface area contributed by atoms with Crippen LogP contribution in [0.5, 0.6) is 0 Å². The Hall–Kier alpha value is -1.12. The van der Waals surface area contributed by atoms with Crippen molar-refractivity contribution in [2.24, 2.45) is 5.92 Å². The summed E-state index contributed by atoms with van der Waals surface area (Å²) in [5.74, 6) is 0.0688. The molecular formula is C18H27BrN2O4S. The number of hydrogen-bond donors (Lipinski definition) is 1. The molecule has 26 heavy (non-hydrogen) atoms. The van der Waals surface area contributed by atoms with Crippen LogP contribution in [0.15, 0.2) is 27.6 Å². The Kier molecular flexibility index (Phi) is 6.74. The van der Waals surface area contributed by atoms with Gasteiger partial charge in [0.2, 0.25) is 10.0 Å². The van der Waals surface area contributed by atoms with E-state index in [0.717, 1.165) is 22.9 Å². The predicted molar refractivity (Wildman–Crippen MR) is 105 cm³/mol. The van der Waals surface area contributed by atoms with Gasteiger partial charge in [0.25, 0.3) is 0 Å². The summed E-state index contributed by atoms with van der Waals surface area (Å²) >= 11 is 3.36. The van der Waals surface area contributed by atoms with Crippen LogP contribution in [-0.2, 0) is 14.8 Å². The molecule has 1 amide bonds. The van der Waals surface area contributed by atoms with E-state index >= 15 is 0 Å². The zero-order chi connectivity index (χ0) is 19.5. The fraction of sp³-hybridized carbons (Fsp3) is 0.611. The van der Waals surface area contributed by atoms with E-state index in [9.17, 15) is 13.2 Å². The Labute approximate surface area is 164 Å². The molecule has 1 atom stereocenters. The summed E-state index contributed by atoms with van der Waals surface area (Å²) in [6, 6.07) is 5.19. The highest BCUT2D eigenvalue weighted by atomic mass is 79.9. The summed E-state index contributed by atoms with van der Waals surface area (Å²) in [5, 5.41) is 2.75. The summed E-state index contributed by atoms with van der Waals surface area (Å²) < 4.78 is 33.4. The van der Waals surface area contributed by atoms with Crippen LogP contribution >= 0.6 is 15.9 Å². The summed E-state index contributed by atoms with van der Waals surface area (Å²) in [6.07, 6.45) is 1.17. The summed E-state index contributed by atoms with van der Waals surface area (Å²) in [7, 11) is -3.55. The molecule has 1 unspecified atom stereocenters. The van der Waals surface area contributed by atoms with Crippen molar-refractivity contribution in [3.05, 3.63) is 28.2 Å². The lowest BCUT2D eigenvalue weighted by molar-refractivity contribution is 0.0513. The van der Waals surface area contributed by atoms with Gasteiger partial charge >= 0.3 is 6.09 Å². The van der Waals surface area contributed by atoms with Gasteiger partial charge in [-0.2, -0.15) is 4.31 Å². The Bertz CT molecular complexity index is 739. The van der Waals surface area contributed by atoms with Gasteiger partial charge in [0.1, 0.15) is 5.60 Å². The van der Waals surface area contributed by atoms with Gasteiger partial charge < -0.3 is 10.1 Å². The first kappa shape index (κ1) is 21.2. The highest BCUT2D eigenvalue weighted by Gasteiger charge is 2.31. The third-order valence-electron chi connectivity index (χ3n) is 4.07. The number of sulfonamides is 1. The van der Waals surface area contributed by atoms with E-state index in [-0.39, 0.29) is 5.92 Å². The number of nitrogens with one attached hydrogen (secondary N) is 1. The van der Waals surface area contributed by atoms with E-state index in [1.165, 1.54) is 4.31 Å². The fourth-order valence-electron chi connectivity index (χ4n) is 2.95. The number of carbonyl (C=O) groups excluding carboxylic acids is 1. The largest absolute Gasteiger partial charge is 0.444 e. The molecule has 1 aliphatic heterocycles. The van der Waals surface area contributed by atoms with Crippen LogP contribution in [0, 0.1) is 12.8 Å². The molecule has 1 saturated heterocycles. The lowest BCUT2D eigenvalue weighted by Gasteiger charge is -2.32. The number of carbonyl (C=O) groups is 1. The lowest BCUT2D eigenvalue weighted by Crippen LogP contribution is -2.44. The first-order valence-corrected chi connectivity index (χ1v) is 10.9. The molecule has 6 nitrogen and oxygen atoms in total. The minimum absolute atomic E-state index is 0.0688. The molecule has 1 heterocycles. The van der Waals surface area contributed by atoms with E-state index in [1.807, 2.05) is 33.8 Å². The van der Waals surface area contributed by atoms with Crippen LogP contribution in [0.3, 0.4) is 0 Å². The molecule has 8 heteroatoms. The third-order valence-corrected chi connectivity index (χ3v) is 6.37. The van der Waals surface area contributed by atoms with Crippen molar-refractivity contribution < 1.29 is 17.9 Å². The van der Waals surface area contributed by atoms with E-state index in [4.69, 9.17) is 4.74 Å². The molecule has 1 aromatic rings. The average molecular weight is 447 g/mol. The van der Waals surface area contributed by atoms with E-state index in [2.05, 4.69) is 21.2 Å². The van der Waals surface area contributed by atoms with Gasteiger partial charge in [-0.3, -0.25) is 0 Å². The third kappa shape index (κ3) is 5.96. The van der Waals surface area contributed by atoms with Crippen molar-refractivity contribution in [2.45, 2.75) is 51.0 Å². The molecule has 0 aromatic heterocycles. The van der Waals surface area contributed by atoms with E-state index in [1.54, 1.807) is 12.1 Å². The van der Waals surface area contributed by atoms with Crippen molar-refractivity contribution in [2.75, 3.05) is 19.6 Å². The second kappa shape index (κ2) is 8.27. The summed E-state index contributed by atoms with van der Waals surface area (Å²) in [4.78, 5) is 12.1. The Balaban J connectivity index is 2.02. The van der Waals surface area contributed by atoms with Crippen LogP contribution in [0.2, 0.25) is 0 Å². The number of benzene rings is 1. The number of nitrogens with zero attached hydrogens (tertiary/aromatic N) is 1. The Morgan fingerprint density at radius 2 is 2.04 bits per heavy atom. The summed E-state index contributed by atoms with van der Waals surface area (Å²) in [5.41, 5.74) is 0.336. The predicted octanol–water partition coefficient (Wildman–Crippen LogP) is 3.68. The Morgan fingerprint density at radius 3 is 2.65 bits per heavy atom. The lowest BCUT2D eigenvalue weighted by atomic mass is 10.00. The van der Waals surface area contributed by atoms with Crippen LogP contribution in [0.1, 0.15) is 39.2 Å². The van der Waals surface area contributed by atoms with Gasteiger partial charge in [0, 0.05) is 24.1 Å². The first-order valence-electron chi connectivity index (χ1n) is 8.71. The number of hydrogen-bond acceptors (Lipinski definition) is 4.